The lowest BCUT2D eigenvalue weighted by atomic mass is 10.1. The summed E-state index contributed by atoms with van der Waals surface area (Å²) in [5.41, 5.74) is 0.234. The lowest BCUT2D eigenvalue weighted by molar-refractivity contribution is -0.809. The smallest absolute Gasteiger partial charge is 0.406 e. The Hall–Kier alpha value is -2.29. The van der Waals surface area contributed by atoms with Gasteiger partial charge in [0.25, 0.3) is 5.69 Å². The molecule has 9 heteroatoms. The average Bonchev–Trinajstić information content (AvgIpc) is 2.69. The van der Waals surface area contributed by atoms with E-state index in [-0.39, 0.29) is 16.3 Å². The van der Waals surface area contributed by atoms with Crippen LogP contribution >= 0.6 is 0 Å². The van der Waals surface area contributed by atoms with Gasteiger partial charge in [0.05, 0.1) is 0 Å². The van der Waals surface area contributed by atoms with E-state index >= 15 is 0 Å². The van der Waals surface area contributed by atoms with Crippen LogP contribution in [0, 0.1) is 5.21 Å². The van der Waals surface area contributed by atoms with Gasteiger partial charge in [-0.2, -0.15) is 0 Å². The molecule has 0 aliphatic rings. The molecule has 0 aliphatic heterocycles. The van der Waals surface area contributed by atoms with E-state index in [1.807, 2.05) is 0 Å². The van der Waals surface area contributed by atoms with Crippen LogP contribution in [0.3, 0.4) is 0 Å². The van der Waals surface area contributed by atoms with Gasteiger partial charge in [0.15, 0.2) is 0 Å². The summed E-state index contributed by atoms with van der Waals surface area (Å²) in [6.07, 6.45) is -4.77. The quantitative estimate of drug-likeness (QED) is 0.856. The van der Waals surface area contributed by atoms with Gasteiger partial charge in [-0.05, 0) is 29.2 Å². The molecule has 0 amide bonds. The Bertz CT molecular complexity index is 565. The zero-order chi connectivity index (χ0) is 14.0. The predicted molar refractivity (Wildman–Crippen MR) is 53.5 cm³/mol. The molecule has 0 atom stereocenters. The van der Waals surface area contributed by atoms with Crippen molar-refractivity contribution >= 4 is 0 Å². The van der Waals surface area contributed by atoms with Crippen molar-refractivity contribution < 1.29 is 32.5 Å². The summed E-state index contributed by atoms with van der Waals surface area (Å²) in [7, 11) is 0. The highest BCUT2D eigenvalue weighted by Gasteiger charge is 2.31. The second-order valence-corrected chi connectivity index (χ2v) is 3.46. The summed E-state index contributed by atoms with van der Waals surface area (Å²) < 4.78 is 43.9. The molecule has 1 N–H and O–H groups in total. The molecule has 102 valence electrons. The van der Waals surface area contributed by atoms with Crippen LogP contribution in [-0.2, 0) is 6.61 Å². The Morgan fingerprint density at radius 2 is 1.95 bits per heavy atom. The third-order valence-electron chi connectivity index (χ3n) is 2.21. The standard InChI is InChI=1S/C10H7F3N2O4/c11-10(12,13)18-7-3-1-6(2-4-7)9-8(5-16)15(17)19-14-9/h1-4,16H,5H2. The van der Waals surface area contributed by atoms with E-state index in [0.29, 0.717) is 5.56 Å². The van der Waals surface area contributed by atoms with Gasteiger partial charge in [0.1, 0.15) is 12.4 Å². The number of alkyl halides is 3. The van der Waals surface area contributed by atoms with Crippen molar-refractivity contribution in [2.75, 3.05) is 0 Å². The Kier molecular flexibility index (Phi) is 3.30. The topological polar surface area (TPSA) is 82.4 Å². The highest BCUT2D eigenvalue weighted by Crippen LogP contribution is 2.26. The van der Waals surface area contributed by atoms with E-state index in [1.165, 1.54) is 12.1 Å². The maximum atomic E-state index is 12.0. The van der Waals surface area contributed by atoms with E-state index in [2.05, 4.69) is 14.5 Å². The van der Waals surface area contributed by atoms with Gasteiger partial charge in [0, 0.05) is 10.7 Å². The molecule has 0 saturated heterocycles. The van der Waals surface area contributed by atoms with Crippen LogP contribution in [0.1, 0.15) is 5.69 Å². The zero-order valence-electron chi connectivity index (χ0n) is 9.22. The van der Waals surface area contributed by atoms with Gasteiger partial charge >= 0.3 is 6.36 Å². The summed E-state index contributed by atoms with van der Waals surface area (Å²) >= 11 is 0. The number of aromatic nitrogens is 2. The molecule has 0 saturated carbocycles. The van der Waals surface area contributed by atoms with Gasteiger partial charge < -0.3 is 15.1 Å². The van der Waals surface area contributed by atoms with Gasteiger partial charge in [-0.25, -0.2) is 0 Å². The van der Waals surface area contributed by atoms with Crippen LogP contribution in [0.2, 0.25) is 0 Å². The fourth-order valence-electron chi connectivity index (χ4n) is 1.43. The minimum Gasteiger partial charge on any atom is -0.406 e. The number of rotatable bonds is 3. The maximum absolute atomic E-state index is 12.0. The number of aliphatic hydroxyl groups is 1. The fourth-order valence-corrected chi connectivity index (χ4v) is 1.43. The Labute approximate surface area is 104 Å². The lowest BCUT2D eigenvalue weighted by Gasteiger charge is -2.08. The lowest BCUT2D eigenvalue weighted by Crippen LogP contribution is -2.28. The molecule has 1 aromatic carbocycles. The molecule has 0 aliphatic carbocycles. The maximum Gasteiger partial charge on any atom is 0.573 e. The van der Waals surface area contributed by atoms with Gasteiger partial charge in [-0.15, -0.1) is 13.2 Å². The van der Waals surface area contributed by atoms with Gasteiger partial charge in [-0.3, -0.25) is 4.63 Å². The molecule has 2 aromatic rings. The molecule has 0 unspecified atom stereocenters. The Morgan fingerprint density at radius 3 is 2.47 bits per heavy atom. The van der Waals surface area contributed by atoms with Crippen LogP contribution < -0.4 is 9.64 Å². The highest BCUT2D eigenvalue weighted by molar-refractivity contribution is 5.60. The van der Waals surface area contributed by atoms with Crippen molar-refractivity contribution in [3.8, 4) is 17.0 Å². The van der Waals surface area contributed by atoms with Crippen molar-refractivity contribution in [2.45, 2.75) is 13.0 Å². The number of ether oxygens (including phenoxy) is 1. The molecule has 1 aromatic heterocycles. The second kappa shape index (κ2) is 4.76. The molecule has 19 heavy (non-hydrogen) atoms. The van der Waals surface area contributed by atoms with Crippen molar-refractivity contribution in [1.82, 2.24) is 5.16 Å². The number of nitrogens with zero attached hydrogens (tertiary/aromatic N) is 2. The number of hydrogen-bond donors (Lipinski definition) is 1. The number of aliphatic hydroxyl groups excluding tert-OH is 1. The molecule has 6 nitrogen and oxygen atoms in total. The first-order valence-corrected chi connectivity index (χ1v) is 4.96. The van der Waals surface area contributed by atoms with Gasteiger partial charge in [-0.1, -0.05) is 0 Å². The minimum absolute atomic E-state index is 0.0233. The second-order valence-electron chi connectivity index (χ2n) is 3.46. The number of hydrogen-bond acceptors (Lipinski definition) is 5. The summed E-state index contributed by atoms with van der Waals surface area (Å²) in [6, 6.07) is 4.65. The molecule has 1 heterocycles. The molecule has 0 fully saturated rings. The number of benzene rings is 1. The highest BCUT2D eigenvalue weighted by atomic mass is 19.4. The summed E-state index contributed by atoms with van der Waals surface area (Å²) in [5, 5.41) is 23.4. The van der Waals surface area contributed by atoms with Crippen LogP contribution in [-0.4, -0.2) is 16.6 Å². The van der Waals surface area contributed by atoms with Crippen molar-refractivity contribution in [1.29, 1.82) is 0 Å². The first kappa shape index (κ1) is 13.1. The first-order valence-electron chi connectivity index (χ1n) is 4.96. The monoisotopic (exact) mass is 276 g/mol. The molecule has 0 radical (unpaired) electrons. The van der Waals surface area contributed by atoms with Crippen LogP contribution in [0.5, 0.6) is 5.75 Å². The van der Waals surface area contributed by atoms with Crippen LogP contribution in [0.25, 0.3) is 11.3 Å². The summed E-state index contributed by atoms with van der Waals surface area (Å²) in [5.74, 6) is -0.403. The van der Waals surface area contributed by atoms with E-state index in [9.17, 15) is 18.4 Å². The Balaban J connectivity index is 2.27. The van der Waals surface area contributed by atoms with E-state index in [4.69, 9.17) is 5.11 Å². The average molecular weight is 276 g/mol. The van der Waals surface area contributed by atoms with Gasteiger partial charge in [0.2, 0.25) is 5.69 Å². The fraction of sp³-hybridized carbons (Fsp3) is 0.200. The third-order valence-corrected chi connectivity index (χ3v) is 2.21. The molecule has 0 spiro atoms. The van der Waals surface area contributed by atoms with E-state index < -0.39 is 18.7 Å². The SMILES string of the molecule is [O-][n+]1onc(-c2ccc(OC(F)(F)F)cc2)c1CO. The van der Waals surface area contributed by atoms with Crippen LogP contribution in [0.4, 0.5) is 13.2 Å². The van der Waals surface area contributed by atoms with E-state index in [0.717, 1.165) is 12.1 Å². The number of halogens is 3. The molecular formula is C10H7F3N2O4. The third kappa shape index (κ3) is 2.94. The largest absolute Gasteiger partial charge is 0.573 e. The molecule has 2 rings (SSSR count). The summed E-state index contributed by atoms with van der Waals surface area (Å²) in [6.45, 7) is -0.608. The van der Waals surface area contributed by atoms with Crippen molar-refractivity contribution in [3.05, 3.63) is 35.2 Å². The summed E-state index contributed by atoms with van der Waals surface area (Å²) in [4.78, 5) is 0.0233. The first-order chi connectivity index (χ1) is 8.90. The van der Waals surface area contributed by atoms with Crippen molar-refractivity contribution in [3.63, 3.8) is 0 Å². The Morgan fingerprint density at radius 1 is 1.32 bits per heavy atom. The molecular weight excluding hydrogens is 269 g/mol. The zero-order valence-corrected chi connectivity index (χ0v) is 9.22. The normalized spacial score (nSPS) is 11.6. The predicted octanol–water partition coefficient (Wildman–Crippen LogP) is 1.37. The van der Waals surface area contributed by atoms with E-state index in [1.54, 1.807) is 0 Å². The minimum atomic E-state index is -4.77. The van der Waals surface area contributed by atoms with Crippen molar-refractivity contribution in [2.24, 2.45) is 0 Å². The molecule has 0 bridgehead atoms. The van der Waals surface area contributed by atoms with Crippen LogP contribution in [0.15, 0.2) is 28.9 Å².